The van der Waals surface area contributed by atoms with Gasteiger partial charge in [0.05, 0.1) is 4.92 Å². The van der Waals surface area contributed by atoms with Gasteiger partial charge in [0.25, 0.3) is 5.69 Å². The molecule has 1 heterocycles. The van der Waals surface area contributed by atoms with E-state index in [0.29, 0.717) is 15.9 Å². The molecule has 0 saturated heterocycles. The van der Waals surface area contributed by atoms with E-state index in [1.807, 2.05) is 60.7 Å². The standard InChI is InChI=1S/C21H15N3O3S/c25-24(26)17-13-11-16(12-14-17)22-21-23-19(15-7-3-1-4-8-15)20(28-21)27-18-9-5-2-6-10-18/h1-14H,(H,22,23). The number of hydrogen-bond donors (Lipinski definition) is 1. The van der Waals surface area contributed by atoms with Gasteiger partial charge in [0, 0.05) is 23.4 Å². The summed E-state index contributed by atoms with van der Waals surface area (Å²) < 4.78 is 6.06. The van der Waals surface area contributed by atoms with Crippen LogP contribution in [-0.4, -0.2) is 9.91 Å². The Labute approximate surface area is 165 Å². The second-order valence-electron chi connectivity index (χ2n) is 5.87. The SMILES string of the molecule is O=[N+]([O-])c1ccc(Nc2nc(-c3ccccc3)c(Oc3ccccc3)s2)cc1. The highest BCUT2D eigenvalue weighted by atomic mass is 32.1. The first-order valence-electron chi connectivity index (χ1n) is 8.50. The van der Waals surface area contributed by atoms with Gasteiger partial charge >= 0.3 is 0 Å². The smallest absolute Gasteiger partial charge is 0.269 e. The molecule has 0 bridgehead atoms. The van der Waals surface area contributed by atoms with Crippen LogP contribution in [0.25, 0.3) is 11.3 Å². The van der Waals surface area contributed by atoms with Crippen LogP contribution in [0.3, 0.4) is 0 Å². The van der Waals surface area contributed by atoms with E-state index in [4.69, 9.17) is 4.74 Å². The van der Waals surface area contributed by atoms with Crippen molar-refractivity contribution in [2.24, 2.45) is 0 Å². The third kappa shape index (κ3) is 3.99. The predicted octanol–water partition coefficient (Wildman–Crippen LogP) is 6.25. The van der Waals surface area contributed by atoms with E-state index >= 15 is 0 Å². The van der Waals surface area contributed by atoms with Crippen LogP contribution in [0.15, 0.2) is 84.9 Å². The van der Waals surface area contributed by atoms with Gasteiger partial charge in [0.2, 0.25) is 5.06 Å². The van der Waals surface area contributed by atoms with E-state index in [9.17, 15) is 10.1 Å². The van der Waals surface area contributed by atoms with Crippen LogP contribution in [0.2, 0.25) is 0 Å². The van der Waals surface area contributed by atoms with Gasteiger partial charge in [0.1, 0.15) is 11.4 Å². The third-order valence-corrected chi connectivity index (χ3v) is 4.78. The quantitative estimate of drug-likeness (QED) is 0.311. The fourth-order valence-corrected chi connectivity index (χ4v) is 3.47. The average Bonchev–Trinajstić information content (AvgIpc) is 3.12. The highest BCUT2D eigenvalue weighted by molar-refractivity contribution is 7.18. The molecule has 4 rings (SSSR count). The van der Waals surface area contributed by atoms with Crippen LogP contribution in [-0.2, 0) is 0 Å². The lowest BCUT2D eigenvalue weighted by molar-refractivity contribution is -0.384. The first kappa shape index (κ1) is 17.7. The minimum absolute atomic E-state index is 0.0442. The second kappa shape index (κ2) is 7.89. The van der Waals surface area contributed by atoms with E-state index in [2.05, 4.69) is 10.3 Å². The number of nitrogens with one attached hydrogen (secondary N) is 1. The molecule has 0 aliphatic carbocycles. The first-order valence-corrected chi connectivity index (χ1v) is 9.31. The van der Waals surface area contributed by atoms with Crippen LogP contribution in [0.4, 0.5) is 16.5 Å². The summed E-state index contributed by atoms with van der Waals surface area (Å²) in [6, 6.07) is 25.5. The Hall–Kier alpha value is -3.71. The number of thiazole rings is 1. The highest BCUT2D eigenvalue weighted by Gasteiger charge is 2.16. The van der Waals surface area contributed by atoms with Crippen molar-refractivity contribution in [2.45, 2.75) is 0 Å². The molecule has 3 aromatic carbocycles. The van der Waals surface area contributed by atoms with Crippen molar-refractivity contribution in [3.05, 3.63) is 95.0 Å². The Bertz CT molecular complexity index is 1080. The number of nitrogens with zero attached hydrogens (tertiary/aromatic N) is 2. The molecule has 0 aliphatic rings. The van der Waals surface area contributed by atoms with Crippen LogP contribution in [0, 0.1) is 10.1 Å². The molecule has 6 nitrogen and oxygen atoms in total. The molecule has 1 aromatic heterocycles. The minimum atomic E-state index is -0.424. The van der Waals surface area contributed by atoms with E-state index < -0.39 is 4.92 Å². The monoisotopic (exact) mass is 389 g/mol. The van der Waals surface area contributed by atoms with Crippen molar-refractivity contribution in [3.63, 3.8) is 0 Å². The zero-order valence-electron chi connectivity index (χ0n) is 14.6. The largest absolute Gasteiger partial charge is 0.444 e. The predicted molar refractivity (Wildman–Crippen MR) is 110 cm³/mol. The fourth-order valence-electron chi connectivity index (χ4n) is 2.59. The molecule has 0 aliphatic heterocycles. The van der Waals surface area contributed by atoms with E-state index in [1.54, 1.807) is 12.1 Å². The molecule has 28 heavy (non-hydrogen) atoms. The molecule has 0 amide bonds. The molecule has 0 saturated carbocycles. The maximum atomic E-state index is 10.8. The van der Waals surface area contributed by atoms with E-state index in [-0.39, 0.29) is 5.69 Å². The molecule has 0 unspecified atom stereocenters. The summed E-state index contributed by atoms with van der Waals surface area (Å²) in [5.41, 5.74) is 2.44. The number of hydrogen-bond acceptors (Lipinski definition) is 6. The lowest BCUT2D eigenvalue weighted by Gasteiger charge is -2.04. The van der Waals surface area contributed by atoms with E-state index in [1.165, 1.54) is 23.5 Å². The third-order valence-electron chi connectivity index (χ3n) is 3.93. The van der Waals surface area contributed by atoms with Gasteiger partial charge in [-0.1, -0.05) is 59.9 Å². The summed E-state index contributed by atoms with van der Waals surface area (Å²) in [6.45, 7) is 0. The fraction of sp³-hybridized carbons (Fsp3) is 0. The van der Waals surface area contributed by atoms with Gasteiger partial charge in [-0.25, -0.2) is 4.98 Å². The van der Waals surface area contributed by atoms with Crippen LogP contribution in [0.1, 0.15) is 0 Å². The Morgan fingerprint density at radius 3 is 2.18 bits per heavy atom. The van der Waals surface area contributed by atoms with Gasteiger partial charge in [-0.2, -0.15) is 0 Å². The summed E-state index contributed by atoms with van der Waals surface area (Å²) in [5.74, 6) is 0.727. The van der Waals surface area contributed by atoms with Gasteiger partial charge < -0.3 is 10.1 Å². The summed E-state index contributed by atoms with van der Waals surface area (Å²) >= 11 is 1.38. The Balaban J connectivity index is 1.65. The topological polar surface area (TPSA) is 77.3 Å². The molecular weight excluding hydrogens is 374 g/mol. The number of non-ortho nitro benzene ring substituents is 1. The van der Waals surface area contributed by atoms with Crippen molar-refractivity contribution >= 4 is 27.8 Å². The Kier molecular flexibility index (Phi) is 4.99. The molecule has 0 radical (unpaired) electrons. The van der Waals surface area contributed by atoms with Gasteiger partial charge in [-0.3, -0.25) is 10.1 Å². The average molecular weight is 389 g/mol. The number of anilines is 2. The molecule has 0 atom stereocenters. The van der Waals surface area contributed by atoms with Gasteiger partial charge in [0.15, 0.2) is 5.13 Å². The lowest BCUT2D eigenvalue weighted by Crippen LogP contribution is -1.91. The summed E-state index contributed by atoms with van der Waals surface area (Å²) in [5, 5.41) is 15.3. The normalized spacial score (nSPS) is 10.4. The van der Waals surface area contributed by atoms with Crippen molar-refractivity contribution in [2.75, 3.05) is 5.32 Å². The number of rotatable bonds is 6. The maximum Gasteiger partial charge on any atom is 0.269 e. The summed E-state index contributed by atoms with van der Waals surface area (Å²) in [7, 11) is 0. The van der Waals surface area contributed by atoms with Crippen molar-refractivity contribution in [3.8, 4) is 22.1 Å². The maximum absolute atomic E-state index is 10.8. The van der Waals surface area contributed by atoms with Crippen LogP contribution in [0.5, 0.6) is 10.8 Å². The van der Waals surface area contributed by atoms with Crippen LogP contribution >= 0.6 is 11.3 Å². The first-order chi connectivity index (χ1) is 13.7. The van der Waals surface area contributed by atoms with Crippen LogP contribution < -0.4 is 10.1 Å². The molecule has 7 heteroatoms. The molecule has 138 valence electrons. The molecular formula is C21H15N3O3S. The number of benzene rings is 3. The zero-order valence-corrected chi connectivity index (χ0v) is 15.4. The minimum Gasteiger partial charge on any atom is -0.444 e. The van der Waals surface area contributed by atoms with E-state index in [0.717, 1.165) is 17.0 Å². The number of aromatic nitrogens is 1. The Morgan fingerprint density at radius 2 is 1.54 bits per heavy atom. The number of para-hydroxylation sites is 1. The van der Waals surface area contributed by atoms with Crippen molar-refractivity contribution < 1.29 is 9.66 Å². The number of nitro groups is 1. The highest BCUT2D eigenvalue weighted by Crippen LogP contribution is 2.41. The van der Waals surface area contributed by atoms with Crippen molar-refractivity contribution in [1.29, 1.82) is 0 Å². The molecule has 0 spiro atoms. The molecule has 4 aromatic rings. The number of ether oxygens (including phenoxy) is 1. The Morgan fingerprint density at radius 1 is 0.893 bits per heavy atom. The summed E-state index contributed by atoms with van der Waals surface area (Å²) in [4.78, 5) is 15.1. The number of nitro benzene ring substituents is 1. The lowest BCUT2D eigenvalue weighted by atomic mass is 10.2. The molecule has 1 N–H and O–H groups in total. The van der Waals surface area contributed by atoms with Gasteiger partial charge in [-0.15, -0.1) is 0 Å². The van der Waals surface area contributed by atoms with Gasteiger partial charge in [-0.05, 0) is 24.3 Å². The summed E-state index contributed by atoms with van der Waals surface area (Å²) in [6.07, 6.45) is 0. The van der Waals surface area contributed by atoms with Crippen molar-refractivity contribution in [1.82, 2.24) is 4.98 Å². The second-order valence-corrected chi connectivity index (χ2v) is 6.83. The zero-order chi connectivity index (χ0) is 19.3. The molecule has 0 fully saturated rings.